The first-order valence-electron chi connectivity index (χ1n) is 6.62. The van der Waals surface area contributed by atoms with Gasteiger partial charge in [-0.3, -0.25) is 4.79 Å². The zero-order chi connectivity index (χ0) is 13.4. The molecule has 0 aromatic rings. The highest BCUT2D eigenvalue weighted by Gasteiger charge is 2.27. The number of methoxy groups -OCH3 is 1. The SMILES string of the molecule is CCCC(C)(CCCC(C)(CC)OC=O)OC. The van der Waals surface area contributed by atoms with Gasteiger partial charge >= 0.3 is 0 Å². The molecule has 0 N–H and O–H groups in total. The zero-order valence-electron chi connectivity index (χ0n) is 12.0. The van der Waals surface area contributed by atoms with Crippen LogP contribution in [0.3, 0.4) is 0 Å². The molecule has 0 aliphatic carbocycles. The van der Waals surface area contributed by atoms with Gasteiger partial charge in [-0.25, -0.2) is 0 Å². The molecule has 3 nitrogen and oxygen atoms in total. The highest BCUT2D eigenvalue weighted by molar-refractivity contribution is 5.38. The lowest BCUT2D eigenvalue weighted by Crippen LogP contribution is -2.30. The molecule has 2 atom stereocenters. The fourth-order valence-corrected chi connectivity index (χ4v) is 2.13. The summed E-state index contributed by atoms with van der Waals surface area (Å²) in [5.74, 6) is 0. The Morgan fingerprint density at radius 3 is 2.06 bits per heavy atom. The van der Waals surface area contributed by atoms with Crippen LogP contribution in [-0.4, -0.2) is 24.8 Å². The largest absolute Gasteiger partial charge is 0.462 e. The number of ether oxygens (including phenoxy) is 2. The molecular formula is C14H28O3. The van der Waals surface area contributed by atoms with Gasteiger partial charge in [0.2, 0.25) is 0 Å². The molecule has 0 amide bonds. The van der Waals surface area contributed by atoms with E-state index in [4.69, 9.17) is 9.47 Å². The van der Waals surface area contributed by atoms with Crippen LogP contribution in [0, 0.1) is 0 Å². The van der Waals surface area contributed by atoms with Crippen molar-refractivity contribution >= 4 is 6.47 Å². The highest BCUT2D eigenvalue weighted by Crippen LogP contribution is 2.28. The summed E-state index contributed by atoms with van der Waals surface area (Å²) in [6, 6.07) is 0. The van der Waals surface area contributed by atoms with Crippen molar-refractivity contribution in [2.24, 2.45) is 0 Å². The first-order valence-corrected chi connectivity index (χ1v) is 6.62. The van der Waals surface area contributed by atoms with E-state index in [0.717, 1.165) is 38.5 Å². The van der Waals surface area contributed by atoms with E-state index in [1.807, 2.05) is 13.8 Å². The minimum Gasteiger partial charge on any atom is -0.462 e. The Morgan fingerprint density at radius 2 is 1.65 bits per heavy atom. The van der Waals surface area contributed by atoms with E-state index in [1.165, 1.54) is 0 Å². The maximum Gasteiger partial charge on any atom is 0.293 e. The molecule has 2 unspecified atom stereocenters. The van der Waals surface area contributed by atoms with E-state index in [2.05, 4.69) is 13.8 Å². The van der Waals surface area contributed by atoms with E-state index >= 15 is 0 Å². The van der Waals surface area contributed by atoms with Gasteiger partial charge in [0.1, 0.15) is 5.60 Å². The maximum absolute atomic E-state index is 10.5. The van der Waals surface area contributed by atoms with Crippen molar-refractivity contribution in [3.8, 4) is 0 Å². The molecule has 17 heavy (non-hydrogen) atoms. The topological polar surface area (TPSA) is 35.5 Å². The summed E-state index contributed by atoms with van der Waals surface area (Å²) < 4.78 is 10.7. The Morgan fingerprint density at radius 1 is 1.06 bits per heavy atom. The Labute approximate surface area is 106 Å². The summed E-state index contributed by atoms with van der Waals surface area (Å²) in [6.07, 6.45) is 5.97. The van der Waals surface area contributed by atoms with Crippen molar-refractivity contribution in [1.29, 1.82) is 0 Å². The van der Waals surface area contributed by atoms with Gasteiger partial charge in [0.15, 0.2) is 0 Å². The lowest BCUT2D eigenvalue weighted by Gasteiger charge is -2.31. The van der Waals surface area contributed by atoms with E-state index in [1.54, 1.807) is 7.11 Å². The molecule has 0 aliphatic heterocycles. The first kappa shape index (κ1) is 16.4. The predicted molar refractivity (Wildman–Crippen MR) is 70.0 cm³/mol. The fourth-order valence-electron chi connectivity index (χ4n) is 2.13. The molecule has 0 saturated heterocycles. The Bertz CT molecular complexity index is 218. The zero-order valence-corrected chi connectivity index (χ0v) is 12.0. The van der Waals surface area contributed by atoms with E-state index in [-0.39, 0.29) is 11.2 Å². The quantitative estimate of drug-likeness (QED) is 0.550. The summed E-state index contributed by atoms with van der Waals surface area (Å²) in [4.78, 5) is 10.5. The first-order chi connectivity index (χ1) is 7.95. The predicted octanol–water partition coefficient (Wildman–Crippen LogP) is 3.70. The Hall–Kier alpha value is -0.570. The van der Waals surface area contributed by atoms with Gasteiger partial charge in [0.25, 0.3) is 6.47 Å². The van der Waals surface area contributed by atoms with E-state index in [9.17, 15) is 4.79 Å². The highest BCUT2D eigenvalue weighted by atomic mass is 16.5. The van der Waals surface area contributed by atoms with Gasteiger partial charge in [0, 0.05) is 7.11 Å². The summed E-state index contributed by atoms with van der Waals surface area (Å²) in [7, 11) is 1.77. The van der Waals surface area contributed by atoms with Crippen molar-refractivity contribution in [3.63, 3.8) is 0 Å². The fraction of sp³-hybridized carbons (Fsp3) is 0.929. The summed E-state index contributed by atoms with van der Waals surface area (Å²) in [5, 5.41) is 0. The second-order valence-corrected chi connectivity index (χ2v) is 5.28. The van der Waals surface area contributed by atoms with Crippen LogP contribution in [0.1, 0.15) is 66.2 Å². The molecule has 0 aromatic heterocycles. The molecule has 0 heterocycles. The van der Waals surface area contributed by atoms with Crippen LogP contribution in [0.4, 0.5) is 0 Å². The smallest absolute Gasteiger partial charge is 0.293 e. The minimum absolute atomic E-state index is 0.0371. The average molecular weight is 244 g/mol. The molecule has 102 valence electrons. The molecule has 0 saturated carbocycles. The molecular weight excluding hydrogens is 216 g/mol. The van der Waals surface area contributed by atoms with Gasteiger partial charge in [-0.2, -0.15) is 0 Å². The van der Waals surface area contributed by atoms with Crippen molar-refractivity contribution < 1.29 is 14.3 Å². The molecule has 0 bridgehead atoms. The number of hydrogen-bond donors (Lipinski definition) is 0. The second-order valence-electron chi connectivity index (χ2n) is 5.28. The lowest BCUT2D eigenvalue weighted by molar-refractivity contribution is -0.143. The van der Waals surface area contributed by atoms with Crippen molar-refractivity contribution in [1.82, 2.24) is 0 Å². The summed E-state index contributed by atoms with van der Waals surface area (Å²) in [6.45, 7) is 8.92. The molecule has 0 aliphatic rings. The van der Waals surface area contributed by atoms with Gasteiger partial charge in [-0.05, 0) is 46.0 Å². The molecule has 0 spiro atoms. The van der Waals surface area contributed by atoms with Crippen LogP contribution in [0.25, 0.3) is 0 Å². The van der Waals surface area contributed by atoms with Crippen LogP contribution in [0.5, 0.6) is 0 Å². The van der Waals surface area contributed by atoms with Crippen molar-refractivity contribution in [2.75, 3.05) is 7.11 Å². The van der Waals surface area contributed by atoms with E-state index < -0.39 is 0 Å². The summed E-state index contributed by atoms with van der Waals surface area (Å²) >= 11 is 0. The number of carbonyl (C=O) groups excluding carboxylic acids is 1. The average Bonchev–Trinajstić information content (AvgIpc) is 2.30. The number of hydrogen-bond acceptors (Lipinski definition) is 3. The van der Waals surface area contributed by atoms with Gasteiger partial charge in [-0.1, -0.05) is 20.3 Å². The van der Waals surface area contributed by atoms with Crippen LogP contribution in [0.15, 0.2) is 0 Å². The second kappa shape index (κ2) is 7.70. The standard InChI is InChI=1S/C14H28O3/c1-6-9-14(4,16-5)11-8-10-13(3,7-2)17-12-15/h12H,6-11H2,1-5H3. The molecule has 0 rings (SSSR count). The minimum atomic E-state index is -0.317. The van der Waals surface area contributed by atoms with Gasteiger partial charge in [-0.15, -0.1) is 0 Å². The third-order valence-corrected chi connectivity index (χ3v) is 3.76. The Kier molecular flexibility index (Phi) is 7.44. The molecule has 0 aromatic carbocycles. The number of rotatable bonds is 10. The lowest BCUT2D eigenvalue weighted by atomic mass is 9.89. The monoisotopic (exact) mass is 244 g/mol. The third-order valence-electron chi connectivity index (χ3n) is 3.76. The van der Waals surface area contributed by atoms with Gasteiger partial charge < -0.3 is 9.47 Å². The van der Waals surface area contributed by atoms with Crippen LogP contribution in [-0.2, 0) is 14.3 Å². The van der Waals surface area contributed by atoms with Crippen LogP contribution < -0.4 is 0 Å². The van der Waals surface area contributed by atoms with Crippen LogP contribution in [0.2, 0.25) is 0 Å². The third kappa shape index (κ3) is 6.06. The van der Waals surface area contributed by atoms with E-state index in [0.29, 0.717) is 6.47 Å². The van der Waals surface area contributed by atoms with Gasteiger partial charge in [0.05, 0.1) is 5.60 Å². The summed E-state index contributed by atoms with van der Waals surface area (Å²) in [5.41, 5.74) is -0.354. The normalized spacial score (nSPS) is 18.2. The maximum atomic E-state index is 10.5. The van der Waals surface area contributed by atoms with Crippen LogP contribution >= 0.6 is 0 Å². The molecule has 0 fully saturated rings. The Balaban J connectivity index is 4.14. The number of carbonyl (C=O) groups is 1. The van der Waals surface area contributed by atoms with Crippen molar-refractivity contribution in [3.05, 3.63) is 0 Å². The molecule has 3 heteroatoms. The molecule has 0 radical (unpaired) electrons. The van der Waals surface area contributed by atoms with Crippen molar-refractivity contribution in [2.45, 2.75) is 77.4 Å².